The maximum Gasteiger partial charge on any atom is 0.0595 e. The Kier molecular flexibility index (Phi) is 4.09. The maximum absolute atomic E-state index is 5.99. The highest BCUT2D eigenvalue weighted by Crippen LogP contribution is 2.23. The fraction of sp³-hybridized carbons (Fsp3) is 0.500. The normalized spacial score (nSPS) is 22.3. The molecule has 88 valence electrons. The SMILES string of the molecule is N[C@@H]1CCCN(Cc2ccc(Cl)c(Cl)c2)C1. The Labute approximate surface area is 106 Å². The Hall–Kier alpha value is -0.280. The molecule has 0 aromatic heterocycles. The summed E-state index contributed by atoms with van der Waals surface area (Å²) in [5, 5.41) is 1.24. The van der Waals surface area contributed by atoms with E-state index in [0.29, 0.717) is 16.1 Å². The molecule has 0 saturated carbocycles. The molecule has 1 heterocycles. The molecule has 0 amide bonds. The van der Waals surface area contributed by atoms with Crippen LogP contribution in [-0.2, 0) is 6.54 Å². The Bertz CT molecular complexity index is 368. The van der Waals surface area contributed by atoms with Gasteiger partial charge in [0.25, 0.3) is 0 Å². The van der Waals surface area contributed by atoms with E-state index in [4.69, 9.17) is 28.9 Å². The molecule has 2 rings (SSSR count). The van der Waals surface area contributed by atoms with Crippen LogP contribution in [0, 0.1) is 0 Å². The quantitative estimate of drug-likeness (QED) is 0.884. The summed E-state index contributed by atoms with van der Waals surface area (Å²) in [7, 11) is 0. The van der Waals surface area contributed by atoms with E-state index in [1.807, 2.05) is 18.2 Å². The van der Waals surface area contributed by atoms with Gasteiger partial charge in [0.1, 0.15) is 0 Å². The highest BCUT2D eigenvalue weighted by molar-refractivity contribution is 6.42. The highest BCUT2D eigenvalue weighted by Gasteiger charge is 2.16. The summed E-state index contributed by atoms with van der Waals surface area (Å²) in [6, 6.07) is 6.12. The Morgan fingerprint density at radius 3 is 2.81 bits per heavy atom. The van der Waals surface area contributed by atoms with Crippen molar-refractivity contribution in [1.82, 2.24) is 4.90 Å². The monoisotopic (exact) mass is 258 g/mol. The minimum atomic E-state index is 0.316. The van der Waals surface area contributed by atoms with Crippen molar-refractivity contribution in [2.24, 2.45) is 5.73 Å². The van der Waals surface area contributed by atoms with Crippen LogP contribution in [0.1, 0.15) is 18.4 Å². The number of hydrogen-bond donors (Lipinski definition) is 1. The second-order valence-corrected chi connectivity index (χ2v) is 5.20. The fourth-order valence-corrected chi connectivity index (χ4v) is 2.45. The first-order chi connectivity index (χ1) is 7.65. The van der Waals surface area contributed by atoms with Crippen LogP contribution < -0.4 is 5.73 Å². The van der Waals surface area contributed by atoms with Gasteiger partial charge >= 0.3 is 0 Å². The third kappa shape index (κ3) is 3.11. The first kappa shape index (κ1) is 12.2. The number of halogens is 2. The third-order valence-electron chi connectivity index (χ3n) is 2.93. The lowest BCUT2D eigenvalue weighted by atomic mass is 10.1. The van der Waals surface area contributed by atoms with Gasteiger partial charge in [0.15, 0.2) is 0 Å². The number of nitrogens with zero attached hydrogens (tertiary/aromatic N) is 1. The molecule has 0 aliphatic carbocycles. The fourth-order valence-electron chi connectivity index (χ4n) is 2.13. The third-order valence-corrected chi connectivity index (χ3v) is 3.67. The number of hydrogen-bond acceptors (Lipinski definition) is 2. The van der Waals surface area contributed by atoms with Gasteiger partial charge < -0.3 is 5.73 Å². The van der Waals surface area contributed by atoms with Crippen LogP contribution in [0.5, 0.6) is 0 Å². The predicted octanol–water partition coefficient (Wildman–Crippen LogP) is 2.92. The molecule has 4 heteroatoms. The first-order valence-corrected chi connectivity index (χ1v) is 6.32. The van der Waals surface area contributed by atoms with Crippen molar-refractivity contribution in [2.45, 2.75) is 25.4 Å². The second-order valence-electron chi connectivity index (χ2n) is 4.39. The van der Waals surface area contributed by atoms with Gasteiger partial charge in [0.05, 0.1) is 10.0 Å². The molecule has 0 unspecified atom stereocenters. The standard InChI is InChI=1S/C12H16Cl2N2/c13-11-4-3-9(6-12(11)14)7-16-5-1-2-10(15)8-16/h3-4,6,10H,1-2,5,7-8,15H2/t10-/m1/s1. The van der Waals surface area contributed by atoms with Crippen LogP contribution in [-0.4, -0.2) is 24.0 Å². The van der Waals surface area contributed by atoms with E-state index in [1.165, 1.54) is 12.0 Å². The van der Waals surface area contributed by atoms with Gasteiger partial charge in [-0.05, 0) is 37.1 Å². The van der Waals surface area contributed by atoms with E-state index in [1.54, 1.807) is 0 Å². The van der Waals surface area contributed by atoms with E-state index in [0.717, 1.165) is 26.1 Å². The zero-order valence-corrected chi connectivity index (χ0v) is 10.6. The maximum atomic E-state index is 5.99. The van der Waals surface area contributed by atoms with E-state index < -0.39 is 0 Å². The van der Waals surface area contributed by atoms with Crippen molar-refractivity contribution in [3.63, 3.8) is 0 Å². The van der Waals surface area contributed by atoms with E-state index in [2.05, 4.69) is 4.90 Å². The molecule has 2 nitrogen and oxygen atoms in total. The lowest BCUT2D eigenvalue weighted by Crippen LogP contribution is -2.42. The first-order valence-electron chi connectivity index (χ1n) is 5.57. The van der Waals surface area contributed by atoms with Crippen LogP contribution in [0.3, 0.4) is 0 Å². The summed E-state index contributed by atoms with van der Waals surface area (Å²) >= 11 is 11.9. The summed E-state index contributed by atoms with van der Waals surface area (Å²) in [6.45, 7) is 3.00. The van der Waals surface area contributed by atoms with Crippen molar-refractivity contribution < 1.29 is 0 Å². The van der Waals surface area contributed by atoms with Gasteiger partial charge in [-0.15, -0.1) is 0 Å². The minimum Gasteiger partial charge on any atom is -0.327 e. The van der Waals surface area contributed by atoms with Crippen molar-refractivity contribution in [3.05, 3.63) is 33.8 Å². The summed E-state index contributed by atoms with van der Waals surface area (Å²) in [6.07, 6.45) is 2.32. The van der Waals surface area contributed by atoms with Gasteiger partial charge in [-0.2, -0.15) is 0 Å². The van der Waals surface area contributed by atoms with Crippen LogP contribution >= 0.6 is 23.2 Å². The van der Waals surface area contributed by atoms with Gasteiger partial charge in [-0.25, -0.2) is 0 Å². The molecule has 2 N–H and O–H groups in total. The van der Waals surface area contributed by atoms with E-state index >= 15 is 0 Å². The number of piperidine rings is 1. The van der Waals surface area contributed by atoms with Crippen molar-refractivity contribution in [1.29, 1.82) is 0 Å². The van der Waals surface area contributed by atoms with Crippen LogP contribution in [0.2, 0.25) is 10.0 Å². The lowest BCUT2D eigenvalue weighted by Gasteiger charge is -2.30. The van der Waals surface area contributed by atoms with Crippen molar-refractivity contribution in [2.75, 3.05) is 13.1 Å². The Morgan fingerprint density at radius 1 is 1.31 bits per heavy atom. The average Bonchev–Trinajstić information content (AvgIpc) is 2.24. The van der Waals surface area contributed by atoms with Crippen LogP contribution in [0.15, 0.2) is 18.2 Å². The highest BCUT2D eigenvalue weighted by atomic mass is 35.5. The zero-order chi connectivity index (χ0) is 11.5. The molecule has 1 atom stereocenters. The summed E-state index contributed by atoms with van der Waals surface area (Å²) in [5.41, 5.74) is 7.14. The summed E-state index contributed by atoms with van der Waals surface area (Å²) in [5.74, 6) is 0. The molecular formula is C12H16Cl2N2. The molecule has 1 aromatic carbocycles. The largest absolute Gasteiger partial charge is 0.327 e. The Balaban J connectivity index is 2.00. The molecule has 0 bridgehead atoms. The predicted molar refractivity (Wildman–Crippen MR) is 68.9 cm³/mol. The second kappa shape index (κ2) is 5.37. The van der Waals surface area contributed by atoms with Gasteiger partial charge in [-0.1, -0.05) is 29.3 Å². The molecule has 1 aliphatic heterocycles. The molecular weight excluding hydrogens is 243 g/mol. The number of benzene rings is 1. The smallest absolute Gasteiger partial charge is 0.0595 e. The number of likely N-dealkylation sites (tertiary alicyclic amines) is 1. The number of nitrogens with two attached hydrogens (primary N) is 1. The van der Waals surface area contributed by atoms with Crippen LogP contribution in [0.4, 0.5) is 0 Å². The minimum absolute atomic E-state index is 0.316. The molecule has 16 heavy (non-hydrogen) atoms. The molecule has 0 radical (unpaired) electrons. The Morgan fingerprint density at radius 2 is 2.12 bits per heavy atom. The molecule has 0 spiro atoms. The molecule has 1 fully saturated rings. The zero-order valence-electron chi connectivity index (χ0n) is 9.13. The van der Waals surface area contributed by atoms with E-state index in [9.17, 15) is 0 Å². The molecule has 1 aliphatic rings. The molecule has 1 aromatic rings. The van der Waals surface area contributed by atoms with Gasteiger partial charge in [0.2, 0.25) is 0 Å². The van der Waals surface area contributed by atoms with Crippen LogP contribution in [0.25, 0.3) is 0 Å². The number of rotatable bonds is 2. The van der Waals surface area contributed by atoms with Gasteiger partial charge in [0, 0.05) is 19.1 Å². The van der Waals surface area contributed by atoms with E-state index in [-0.39, 0.29) is 0 Å². The lowest BCUT2D eigenvalue weighted by molar-refractivity contribution is 0.201. The topological polar surface area (TPSA) is 29.3 Å². The average molecular weight is 259 g/mol. The summed E-state index contributed by atoms with van der Waals surface area (Å²) < 4.78 is 0. The molecule has 1 saturated heterocycles. The van der Waals surface area contributed by atoms with Gasteiger partial charge in [-0.3, -0.25) is 4.90 Å². The van der Waals surface area contributed by atoms with Crippen molar-refractivity contribution >= 4 is 23.2 Å². The van der Waals surface area contributed by atoms with Crippen molar-refractivity contribution in [3.8, 4) is 0 Å². The summed E-state index contributed by atoms with van der Waals surface area (Å²) in [4.78, 5) is 2.37.